The van der Waals surface area contributed by atoms with Gasteiger partial charge in [-0.2, -0.15) is 0 Å². The fraction of sp³-hybridized carbons (Fsp3) is 0.0909. The van der Waals surface area contributed by atoms with Gasteiger partial charge in [-0.25, -0.2) is 12.8 Å². The molecule has 6 heteroatoms. The smallest absolute Gasteiger partial charge is 0.260 e. The highest BCUT2D eigenvalue weighted by atomic mass is 32.2. The second-order valence-corrected chi connectivity index (χ2v) is 8.45. The SMILES string of the molecule is Cc1ccc(C2=C[C@H](c3ccccc3F)N(S(=O)(=O)c3ccccc3)N2)cc1. The highest BCUT2D eigenvalue weighted by Crippen LogP contribution is 2.36. The average Bonchev–Trinajstić information content (AvgIpc) is 3.15. The summed E-state index contributed by atoms with van der Waals surface area (Å²) in [6, 6.07) is 21.3. The number of hydrogen-bond acceptors (Lipinski definition) is 3. The van der Waals surface area contributed by atoms with E-state index in [1.807, 2.05) is 31.2 Å². The van der Waals surface area contributed by atoms with Gasteiger partial charge in [0.2, 0.25) is 0 Å². The minimum atomic E-state index is -3.90. The molecule has 0 unspecified atom stereocenters. The molecule has 0 bridgehead atoms. The molecule has 0 saturated carbocycles. The Kier molecular flexibility index (Phi) is 4.75. The van der Waals surface area contributed by atoms with Crippen LogP contribution >= 0.6 is 0 Å². The average molecular weight is 394 g/mol. The van der Waals surface area contributed by atoms with Crippen LogP contribution in [0.4, 0.5) is 4.39 Å². The highest BCUT2D eigenvalue weighted by molar-refractivity contribution is 7.89. The molecule has 4 rings (SSSR count). The maximum Gasteiger partial charge on any atom is 0.260 e. The van der Waals surface area contributed by atoms with Gasteiger partial charge in [-0.3, -0.25) is 0 Å². The molecule has 3 aromatic carbocycles. The van der Waals surface area contributed by atoms with Crippen molar-refractivity contribution in [2.45, 2.75) is 17.9 Å². The lowest BCUT2D eigenvalue weighted by molar-refractivity contribution is 0.341. The summed E-state index contributed by atoms with van der Waals surface area (Å²) in [6.45, 7) is 1.98. The van der Waals surface area contributed by atoms with Crippen LogP contribution in [-0.4, -0.2) is 12.8 Å². The van der Waals surface area contributed by atoms with E-state index in [4.69, 9.17) is 0 Å². The molecule has 4 nitrogen and oxygen atoms in total. The molecule has 0 spiro atoms. The summed E-state index contributed by atoms with van der Waals surface area (Å²) in [5.41, 5.74) is 5.82. The molecule has 1 aliphatic rings. The molecule has 0 saturated heterocycles. The number of hydrogen-bond donors (Lipinski definition) is 1. The van der Waals surface area contributed by atoms with Crippen LogP contribution in [0.25, 0.3) is 5.70 Å². The maximum absolute atomic E-state index is 14.5. The van der Waals surface area contributed by atoms with Crippen LogP contribution in [-0.2, 0) is 10.0 Å². The summed E-state index contributed by atoms with van der Waals surface area (Å²) in [5.74, 6) is -0.455. The van der Waals surface area contributed by atoms with Crippen molar-refractivity contribution in [1.29, 1.82) is 0 Å². The monoisotopic (exact) mass is 394 g/mol. The number of benzene rings is 3. The maximum atomic E-state index is 14.5. The van der Waals surface area contributed by atoms with Gasteiger partial charge in [0, 0.05) is 5.56 Å². The van der Waals surface area contributed by atoms with E-state index in [-0.39, 0.29) is 10.5 Å². The van der Waals surface area contributed by atoms with E-state index in [1.165, 1.54) is 18.2 Å². The van der Waals surface area contributed by atoms with Crippen LogP contribution in [0.1, 0.15) is 22.7 Å². The van der Waals surface area contributed by atoms with Crippen LogP contribution in [0.3, 0.4) is 0 Å². The van der Waals surface area contributed by atoms with E-state index in [2.05, 4.69) is 5.43 Å². The molecular formula is C22H19FN2O2S. The number of sulfonamides is 1. The van der Waals surface area contributed by atoms with Crippen LogP contribution in [0.15, 0.2) is 89.8 Å². The van der Waals surface area contributed by atoms with Gasteiger partial charge in [0.15, 0.2) is 0 Å². The summed E-state index contributed by atoms with van der Waals surface area (Å²) in [7, 11) is -3.90. The first kappa shape index (κ1) is 18.4. The largest absolute Gasteiger partial charge is 0.304 e. The second-order valence-electron chi connectivity index (χ2n) is 6.64. The van der Waals surface area contributed by atoms with Gasteiger partial charge < -0.3 is 5.43 Å². The van der Waals surface area contributed by atoms with Crippen molar-refractivity contribution < 1.29 is 12.8 Å². The third kappa shape index (κ3) is 3.32. The normalized spacial score (nSPS) is 17.2. The minimum Gasteiger partial charge on any atom is -0.304 e. The molecule has 1 heterocycles. The van der Waals surface area contributed by atoms with Gasteiger partial charge >= 0.3 is 0 Å². The molecule has 142 valence electrons. The molecule has 0 aliphatic carbocycles. The molecule has 0 fully saturated rings. The van der Waals surface area contributed by atoms with Crippen molar-refractivity contribution >= 4 is 15.7 Å². The summed E-state index contributed by atoms with van der Waals surface area (Å²) < 4.78 is 42.2. The van der Waals surface area contributed by atoms with E-state index in [0.29, 0.717) is 5.70 Å². The molecule has 0 aromatic heterocycles. The summed E-state index contributed by atoms with van der Waals surface area (Å²) >= 11 is 0. The highest BCUT2D eigenvalue weighted by Gasteiger charge is 2.37. The first-order chi connectivity index (χ1) is 13.5. The third-order valence-corrected chi connectivity index (χ3v) is 6.40. The van der Waals surface area contributed by atoms with Crippen molar-refractivity contribution in [1.82, 2.24) is 9.84 Å². The molecule has 28 heavy (non-hydrogen) atoms. The standard InChI is InChI=1S/C22H19FN2O2S/c1-16-11-13-17(14-12-16)21-15-22(19-9-5-6-10-20(19)23)25(24-21)28(26,27)18-7-3-2-4-8-18/h2-15,22,24H,1H3/t22-/m1/s1. The van der Waals surface area contributed by atoms with Gasteiger partial charge in [-0.05, 0) is 36.8 Å². The molecule has 0 radical (unpaired) electrons. The Bertz CT molecular complexity index is 1130. The zero-order chi connectivity index (χ0) is 19.7. The Labute approximate surface area is 164 Å². The lowest BCUT2D eigenvalue weighted by atomic mass is 10.0. The van der Waals surface area contributed by atoms with Gasteiger partial charge in [0.05, 0.1) is 16.6 Å². The van der Waals surface area contributed by atoms with Gasteiger partial charge in [-0.15, -0.1) is 4.41 Å². The minimum absolute atomic E-state index is 0.141. The fourth-order valence-electron chi connectivity index (χ4n) is 3.19. The predicted octanol–water partition coefficient (Wildman–Crippen LogP) is 4.43. The fourth-order valence-corrected chi connectivity index (χ4v) is 4.61. The van der Waals surface area contributed by atoms with Gasteiger partial charge in [0.1, 0.15) is 5.82 Å². The van der Waals surface area contributed by atoms with Crippen LogP contribution in [0.5, 0.6) is 0 Å². The zero-order valence-electron chi connectivity index (χ0n) is 15.2. The first-order valence-electron chi connectivity index (χ1n) is 8.86. The summed E-state index contributed by atoms with van der Waals surface area (Å²) in [6.07, 6.45) is 1.74. The number of aryl methyl sites for hydroxylation is 1. The van der Waals surface area contributed by atoms with Crippen molar-refractivity contribution in [2.24, 2.45) is 0 Å². The van der Waals surface area contributed by atoms with Crippen molar-refractivity contribution in [3.05, 3.63) is 107 Å². The zero-order valence-corrected chi connectivity index (χ0v) is 16.0. The van der Waals surface area contributed by atoms with Crippen molar-refractivity contribution in [2.75, 3.05) is 0 Å². The van der Waals surface area contributed by atoms with E-state index in [1.54, 1.807) is 42.5 Å². The number of nitrogens with one attached hydrogen (secondary N) is 1. The quantitative estimate of drug-likeness (QED) is 0.712. The van der Waals surface area contributed by atoms with Gasteiger partial charge in [-0.1, -0.05) is 66.2 Å². The Morgan fingerprint density at radius 1 is 0.893 bits per heavy atom. The molecule has 0 amide bonds. The van der Waals surface area contributed by atoms with Crippen LogP contribution in [0, 0.1) is 12.7 Å². The van der Waals surface area contributed by atoms with Crippen molar-refractivity contribution in [3.8, 4) is 0 Å². The van der Waals surface area contributed by atoms with E-state index in [9.17, 15) is 12.8 Å². The number of hydrazine groups is 1. The second kappa shape index (κ2) is 7.22. The summed E-state index contributed by atoms with van der Waals surface area (Å²) in [5, 5.41) is 0. The number of rotatable bonds is 4. The molecule has 1 aliphatic heterocycles. The van der Waals surface area contributed by atoms with E-state index >= 15 is 0 Å². The Hall–Kier alpha value is -2.96. The Morgan fingerprint density at radius 2 is 1.54 bits per heavy atom. The van der Waals surface area contributed by atoms with E-state index < -0.39 is 21.9 Å². The summed E-state index contributed by atoms with van der Waals surface area (Å²) in [4.78, 5) is 0.141. The Balaban J connectivity index is 1.81. The predicted molar refractivity (Wildman–Crippen MR) is 107 cm³/mol. The molecule has 1 N–H and O–H groups in total. The van der Waals surface area contributed by atoms with Crippen molar-refractivity contribution in [3.63, 3.8) is 0 Å². The topological polar surface area (TPSA) is 49.4 Å². The lowest BCUT2D eigenvalue weighted by Gasteiger charge is -2.25. The van der Waals surface area contributed by atoms with E-state index in [0.717, 1.165) is 15.5 Å². The molecule has 1 atom stereocenters. The van der Waals surface area contributed by atoms with Gasteiger partial charge in [0.25, 0.3) is 10.0 Å². The van der Waals surface area contributed by atoms with Crippen LogP contribution in [0.2, 0.25) is 0 Å². The third-order valence-electron chi connectivity index (χ3n) is 4.69. The first-order valence-corrected chi connectivity index (χ1v) is 10.3. The molecule has 3 aromatic rings. The Morgan fingerprint density at radius 3 is 2.21 bits per heavy atom. The lowest BCUT2D eigenvalue weighted by Crippen LogP contribution is -2.39. The number of nitrogens with zero attached hydrogens (tertiary/aromatic N) is 1. The molecular weight excluding hydrogens is 375 g/mol. The number of halogens is 1. The van der Waals surface area contributed by atoms with Crippen LogP contribution < -0.4 is 5.43 Å².